The number of aliphatic hydroxyl groups is 2. The first-order valence-electron chi connectivity index (χ1n) is 17.5. The van der Waals surface area contributed by atoms with Crippen LogP contribution in [0, 0.1) is 6.92 Å². The average Bonchev–Trinajstić information content (AvgIpc) is 3.81. The van der Waals surface area contributed by atoms with E-state index in [1.165, 1.54) is 61.2 Å². The molecule has 61 heavy (non-hydrogen) atoms. The van der Waals surface area contributed by atoms with Gasteiger partial charge in [0.05, 0.1) is 33.4 Å². The second-order valence-corrected chi connectivity index (χ2v) is 19.9. The van der Waals surface area contributed by atoms with Crippen molar-refractivity contribution in [2.45, 2.75) is 76.0 Å². The van der Waals surface area contributed by atoms with Crippen molar-refractivity contribution in [1.82, 2.24) is 29.1 Å². The van der Waals surface area contributed by atoms with Gasteiger partial charge in [0.1, 0.15) is 36.6 Å². The summed E-state index contributed by atoms with van der Waals surface area (Å²) < 4.78 is 101. The van der Waals surface area contributed by atoms with Gasteiger partial charge in [0.2, 0.25) is 23.5 Å². The van der Waals surface area contributed by atoms with Crippen LogP contribution >= 0.6 is 31.3 Å². The first-order chi connectivity index (χ1) is 28.2. The lowest BCUT2D eigenvalue weighted by atomic mass is 10.1. The van der Waals surface area contributed by atoms with Gasteiger partial charge in [0.15, 0.2) is 18.5 Å². The molecule has 10 N–H and O–H groups in total. The van der Waals surface area contributed by atoms with Gasteiger partial charge in [-0.25, -0.2) is 27.4 Å². The van der Waals surface area contributed by atoms with Gasteiger partial charge in [0.25, 0.3) is 17.1 Å². The first kappa shape index (κ1) is 47.3. The minimum Gasteiger partial charge on any atom is -0.384 e. The molecule has 0 spiro atoms. The smallest absolute Gasteiger partial charge is 0.384 e. The average molecular weight is 954 g/mol. The number of rotatable bonds is 17. The number of H-pyrrole nitrogens is 2. The molecule has 2 aliphatic heterocycles. The van der Waals surface area contributed by atoms with E-state index in [9.17, 15) is 57.6 Å². The quantitative estimate of drug-likeness (QED) is 0.0401. The number of ether oxygens (including phenoxy) is 3. The third-order valence-electron chi connectivity index (χ3n) is 8.93. The lowest BCUT2D eigenvalue weighted by Crippen LogP contribution is -2.46. The molecule has 0 aromatic carbocycles. The maximum absolute atomic E-state index is 12.9. The van der Waals surface area contributed by atoms with Crippen molar-refractivity contribution in [3.05, 3.63) is 39.2 Å². The number of nitrogens with two attached hydrogens (primary N) is 1. The molecule has 4 aromatic rings. The summed E-state index contributed by atoms with van der Waals surface area (Å²) in [6, 6.07) is 0. The van der Waals surface area contributed by atoms with Gasteiger partial charge < -0.3 is 49.7 Å². The number of nitrogens with one attached hydrogen (secondary N) is 2. The van der Waals surface area contributed by atoms with Gasteiger partial charge in [-0.15, -0.1) is 0 Å². The van der Waals surface area contributed by atoms with Gasteiger partial charge in [-0.2, -0.15) is 8.62 Å². The van der Waals surface area contributed by atoms with Crippen LogP contribution in [0.15, 0.2) is 22.2 Å². The van der Waals surface area contributed by atoms with Gasteiger partial charge in [0, 0.05) is 14.0 Å². The molecule has 6 heterocycles. The van der Waals surface area contributed by atoms with Crippen molar-refractivity contribution in [2.75, 3.05) is 26.1 Å². The molecule has 6 rings (SSSR count). The number of fused-ring (bicyclic) bond motifs is 2. The number of methoxy groups -OCH3 is 1. The molecule has 0 bridgehead atoms. The van der Waals surface area contributed by atoms with Crippen LogP contribution in [0.5, 0.6) is 0 Å². The predicted octanol–water partition coefficient (Wildman–Crippen LogP) is -2.19. The van der Waals surface area contributed by atoms with Gasteiger partial charge >= 0.3 is 42.6 Å². The fourth-order valence-electron chi connectivity index (χ4n) is 6.69. The summed E-state index contributed by atoms with van der Waals surface area (Å²) >= 11 is 0. The normalized spacial score (nSPS) is 28.6. The second-order valence-electron chi connectivity index (χ2n) is 13.9. The highest BCUT2D eigenvalue weighted by Gasteiger charge is 2.53. The van der Waals surface area contributed by atoms with E-state index in [0.717, 1.165) is 11.7 Å². The van der Waals surface area contributed by atoms with Crippen molar-refractivity contribution in [1.29, 1.82) is 0 Å². The Morgan fingerprint density at radius 2 is 1.25 bits per heavy atom. The molecule has 0 amide bonds. The molecule has 0 radical (unpaired) electrons. The molecular weight excluding hydrogens is 910 g/mol. The van der Waals surface area contributed by atoms with Crippen LogP contribution in [0.3, 0.4) is 0 Å². The van der Waals surface area contributed by atoms with Crippen LogP contribution in [0.1, 0.15) is 32.1 Å². The van der Waals surface area contributed by atoms with Crippen LogP contribution in [-0.2, 0) is 73.3 Å². The summed E-state index contributed by atoms with van der Waals surface area (Å²) in [5, 5.41) is 22.3. The zero-order chi connectivity index (χ0) is 45.1. The second kappa shape index (κ2) is 17.4. The van der Waals surface area contributed by atoms with Crippen LogP contribution in [0.4, 0.5) is 5.95 Å². The Hall–Kier alpha value is -3.18. The van der Waals surface area contributed by atoms with Crippen LogP contribution in [0.2, 0.25) is 0 Å². The van der Waals surface area contributed by atoms with E-state index in [1.807, 2.05) is 0 Å². The molecule has 2 fully saturated rings. The van der Waals surface area contributed by atoms with E-state index in [4.69, 9.17) is 38.0 Å². The summed E-state index contributed by atoms with van der Waals surface area (Å²) in [6.07, 6.45) is -11.0. The Kier molecular flexibility index (Phi) is 13.5. The Morgan fingerprint density at radius 3 is 1.74 bits per heavy atom. The number of aromatic amines is 2. The number of aryl methyl sites for hydroxylation is 3. The van der Waals surface area contributed by atoms with Crippen molar-refractivity contribution >= 4 is 59.6 Å². The monoisotopic (exact) mass is 953 g/mol. The molecular formula is C27H43N9O21P4+2. The minimum atomic E-state index is -6.09. The van der Waals surface area contributed by atoms with Crippen molar-refractivity contribution in [3.8, 4) is 0 Å². The van der Waals surface area contributed by atoms with E-state index in [-0.39, 0.29) is 34.1 Å². The topological polar surface area (TPSA) is 408 Å². The third kappa shape index (κ3) is 10.3. The van der Waals surface area contributed by atoms with E-state index in [0.29, 0.717) is 0 Å². The Balaban J connectivity index is 1.13. The summed E-state index contributed by atoms with van der Waals surface area (Å²) in [5.74, 6) is -0.0978. The zero-order valence-electron chi connectivity index (χ0n) is 32.6. The molecule has 34 heteroatoms. The summed E-state index contributed by atoms with van der Waals surface area (Å²) in [6.45, 7) is 2.07. The van der Waals surface area contributed by atoms with Crippen molar-refractivity contribution in [3.63, 3.8) is 0 Å². The van der Waals surface area contributed by atoms with E-state index >= 15 is 0 Å². The molecule has 0 aliphatic carbocycles. The fourth-order valence-corrected chi connectivity index (χ4v) is 11.4. The highest BCUT2D eigenvalue weighted by atomic mass is 31.3. The van der Waals surface area contributed by atoms with E-state index in [1.54, 1.807) is 0 Å². The predicted molar refractivity (Wildman–Crippen MR) is 197 cm³/mol. The van der Waals surface area contributed by atoms with Gasteiger partial charge in [-0.3, -0.25) is 46.8 Å². The van der Waals surface area contributed by atoms with Crippen LogP contribution in [-0.4, -0.2) is 122 Å². The van der Waals surface area contributed by atoms with E-state index in [2.05, 4.69) is 28.6 Å². The van der Waals surface area contributed by atoms with Crippen molar-refractivity contribution in [2.24, 2.45) is 14.1 Å². The lowest BCUT2D eigenvalue weighted by molar-refractivity contribution is -0.746. The maximum Gasteiger partial charge on any atom is 0.490 e. The van der Waals surface area contributed by atoms with Crippen molar-refractivity contribution < 1.29 is 98.1 Å². The number of hydrogen-bond acceptors (Lipinski definition) is 20. The van der Waals surface area contributed by atoms with Gasteiger partial charge in [-0.05, 0) is 13.8 Å². The molecule has 4 aromatic heterocycles. The molecule has 12 atom stereocenters. The number of phosphoric ester groups is 3. The Morgan fingerprint density at radius 1 is 0.787 bits per heavy atom. The van der Waals surface area contributed by atoms with E-state index < -0.39 is 111 Å². The largest absolute Gasteiger partial charge is 0.490 e. The summed E-state index contributed by atoms with van der Waals surface area (Å²) in [5.41, 5.74) is 4.51. The molecule has 2 saturated heterocycles. The third-order valence-corrected chi connectivity index (χ3v) is 14.4. The highest BCUT2D eigenvalue weighted by molar-refractivity contribution is 7.66. The zero-order valence-corrected chi connectivity index (χ0v) is 36.2. The standard InChI is InChI=1S/C27H41N9O21P4/c1-11(2)54-60(45,46)55-20-14(53-26(18(20)38)35-9-33(4)15-21(35)29-12(3)30-23(15)39)8-51-59(43,44)57-61(47,48)56-58(41,42)50-7-13-19(49-6)17(37)25(52-13)36-10-34(5)16-22(36)31-27(28)32-24(16)40/h9-11,13-14,17-20,25-26,37-38H,7-8H2,1-6H3,(H6-2,28,29,30,31,32,39,40,41,42,43,44,45,46,47,48)/p+2/t13-,14-,17?,18+,19?,20?,25-,26-/m1/s1. The fraction of sp³-hybridized carbons (Fsp3) is 0.630. The molecule has 0 saturated carbocycles. The minimum absolute atomic E-state index is 0.0182. The number of anilines is 1. The first-order valence-corrected chi connectivity index (χ1v) is 23.5. The highest BCUT2D eigenvalue weighted by Crippen LogP contribution is 2.68. The summed E-state index contributed by atoms with van der Waals surface area (Å²) in [4.78, 5) is 79.6. The molecule has 7 unspecified atom stereocenters. The SMILES string of the molecule is COC1C(O)[C@H]([n+]2cn(C)c3c(=O)[nH]c(N)nc32)O[C@@H]1COP(=O)(O)OP(=O)(O)OP(=O)(O)OC[C@H]1O[C@@H]([n+]2cn(C)c3c(=O)[nH]c(C)nc32)[C@@H](O)C1OP(=O)(O)OC(C)C. The number of imidazole rings is 2. The van der Waals surface area contributed by atoms with Gasteiger partial charge in [-0.1, -0.05) is 9.97 Å². The Bertz CT molecular complexity index is 2620. The number of phosphoric acid groups is 4. The lowest BCUT2D eigenvalue weighted by Gasteiger charge is -2.24. The molecule has 30 nitrogen and oxygen atoms in total. The number of nitrogens with zero attached hydrogens (tertiary/aromatic N) is 6. The summed E-state index contributed by atoms with van der Waals surface area (Å²) in [7, 11) is -18.5. The Labute approximate surface area is 341 Å². The maximum atomic E-state index is 12.9. The number of nitrogen functional groups attached to an aromatic ring is 1. The van der Waals surface area contributed by atoms with Crippen LogP contribution < -0.4 is 26.0 Å². The molecule has 340 valence electrons. The number of aromatic nitrogens is 8. The van der Waals surface area contributed by atoms with Crippen LogP contribution in [0.25, 0.3) is 22.3 Å². The molecule has 2 aliphatic rings. The number of hydrogen-bond donors (Lipinski definition) is 9. The number of aliphatic hydroxyl groups excluding tert-OH is 2.